The van der Waals surface area contributed by atoms with Gasteiger partial charge in [-0.15, -0.1) is 10.2 Å². The van der Waals surface area contributed by atoms with E-state index in [9.17, 15) is 5.11 Å². The monoisotopic (exact) mass is 411 g/mol. The first-order valence-electron chi connectivity index (χ1n) is 9.08. The van der Waals surface area contributed by atoms with Crippen LogP contribution in [-0.2, 0) is 4.74 Å². The van der Waals surface area contributed by atoms with Gasteiger partial charge in [-0.05, 0) is 44.0 Å². The third-order valence-electron chi connectivity index (χ3n) is 3.89. The minimum atomic E-state index is -0.589. The molecule has 0 radical (unpaired) electrons. The Balaban J connectivity index is 1.34. The zero-order valence-electron chi connectivity index (χ0n) is 15.3. The van der Waals surface area contributed by atoms with Crippen LogP contribution in [0, 0.1) is 0 Å². The highest BCUT2D eigenvalue weighted by Gasteiger charge is 2.16. The van der Waals surface area contributed by atoms with Gasteiger partial charge in [0, 0.05) is 18.9 Å². The smallest absolute Gasteiger partial charge is 0.206 e. The number of benzene rings is 1. The Morgan fingerprint density at radius 3 is 2.78 bits per heavy atom. The Morgan fingerprint density at radius 1 is 1.30 bits per heavy atom. The fourth-order valence-corrected chi connectivity index (χ4v) is 4.24. The van der Waals surface area contributed by atoms with Crippen LogP contribution in [0.5, 0.6) is 11.5 Å². The van der Waals surface area contributed by atoms with Crippen molar-refractivity contribution in [2.75, 3.05) is 37.4 Å². The van der Waals surface area contributed by atoms with Gasteiger partial charge in [-0.1, -0.05) is 23.1 Å². The summed E-state index contributed by atoms with van der Waals surface area (Å²) in [7, 11) is 0. The minimum absolute atomic E-state index is 0.226. The molecule has 1 aromatic carbocycles. The number of aliphatic hydroxyl groups is 1. The third-order valence-corrected chi connectivity index (χ3v) is 6.05. The van der Waals surface area contributed by atoms with Gasteiger partial charge in [0.1, 0.15) is 18.1 Å². The van der Waals surface area contributed by atoms with E-state index in [0.717, 1.165) is 41.2 Å². The number of nitrogens with one attached hydrogen (secondary N) is 1. The predicted molar refractivity (Wildman–Crippen MR) is 107 cm³/mol. The molecule has 1 aromatic heterocycles. The normalized spacial score (nSPS) is 17.6. The van der Waals surface area contributed by atoms with Gasteiger partial charge < -0.3 is 24.6 Å². The van der Waals surface area contributed by atoms with Gasteiger partial charge in [-0.3, -0.25) is 0 Å². The van der Waals surface area contributed by atoms with Crippen LogP contribution < -0.4 is 14.8 Å². The lowest BCUT2D eigenvalue weighted by atomic mass is 10.2. The lowest BCUT2D eigenvalue weighted by Gasteiger charge is -2.11. The summed E-state index contributed by atoms with van der Waals surface area (Å²) in [5.41, 5.74) is 0. The Hall–Kier alpha value is -1.55. The molecule has 27 heavy (non-hydrogen) atoms. The number of hydrogen-bond acceptors (Lipinski definition) is 9. The lowest BCUT2D eigenvalue weighted by molar-refractivity contribution is 0.120. The first-order valence-corrected chi connectivity index (χ1v) is 10.9. The van der Waals surface area contributed by atoms with Crippen LogP contribution in [0.3, 0.4) is 0 Å². The Bertz CT molecular complexity index is 678. The van der Waals surface area contributed by atoms with Crippen molar-refractivity contribution < 1.29 is 19.3 Å². The molecule has 2 aromatic rings. The predicted octanol–water partition coefficient (Wildman–Crippen LogP) is 3.06. The molecule has 2 N–H and O–H groups in total. The van der Waals surface area contributed by atoms with E-state index in [1.807, 2.05) is 31.2 Å². The maximum absolute atomic E-state index is 10.1. The molecule has 2 atom stereocenters. The summed E-state index contributed by atoms with van der Waals surface area (Å²) in [5.74, 6) is 2.01. The number of hydrogen-bond donors (Lipinski definition) is 2. The first kappa shape index (κ1) is 20.2. The Morgan fingerprint density at radius 2 is 2.07 bits per heavy atom. The highest BCUT2D eigenvalue weighted by Crippen LogP contribution is 2.26. The summed E-state index contributed by atoms with van der Waals surface area (Å²) in [6.45, 7) is 4.41. The Labute approximate surface area is 167 Å². The molecule has 3 rings (SSSR count). The first-order chi connectivity index (χ1) is 13.2. The SMILES string of the molecule is CCOc1ccc(OCC(O)CSc2nnc(NCC3CCCO3)s2)cc1. The van der Waals surface area contributed by atoms with Gasteiger partial charge in [-0.2, -0.15) is 0 Å². The maximum Gasteiger partial charge on any atom is 0.206 e. The molecular formula is C18H25N3O4S2. The fraction of sp³-hybridized carbons (Fsp3) is 0.556. The van der Waals surface area contributed by atoms with E-state index in [1.54, 1.807) is 0 Å². The van der Waals surface area contributed by atoms with Crippen LogP contribution in [0.2, 0.25) is 0 Å². The van der Waals surface area contributed by atoms with Crippen molar-refractivity contribution in [1.29, 1.82) is 0 Å². The van der Waals surface area contributed by atoms with Gasteiger partial charge in [-0.25, -0.2) is 0 Å². The van der Waals surface area contributed by atoms with E-state index in [-0.39, 0.29) is 12.7 Å². The molecular weight excluding hydrogens is 386 g/mol. The summed E-state index contributed by atoms with van der Waals surface area (Å²) in [5, 5.41) is 22.4. The summed E-state index contributed by atoms with van der Waals surface area (Å²) < 4.78 is 17.4. The number of aromatic nitrogens is 2. The summed E-state index contributed by atoms with van der Waals surface area (Å²) >= 11 is 2.96. The second kappa shape index (κ2) is 10.7. The molecule has 2 unspecified atom stereocenters. The van der Waals surface area contributed by atoms with Crippen molar-refractivity contribution >= 4 is 28.2 Å². The molecule has 2 heterocycles. The van der Waals surface area contributed by atoms with Crippen LogP contribution in [0.4, 0.5) is 5.13 Å². The molecule has 1 saturated heterocycles. The highest BCUT2D eigenvalue weighted by molar-refractivity contribution is 8.01. The topological polar surface area (TPSA) is 85.7 Å². The second-order valence-corrected chi connectivity index (χ2v) is 8.31. The van der Waals surface area contributed by atoms with E-state index in [0.29, 0.717) is 18.1 Å². The summed E-state index contributed by atoms with van der Waals surface area (Å²) in [4.78, 5) is 0. The quantitative estimate of drug-likeness (QED) is 0.546. The standard InChI is InChI=1S/C18H25N3O4S2/c1-2-23-14-5-7-15(8-6-14)25-11-13(22)12-26-18-21-20-17(27-18)19-10-16-4-3-9-24-16/h5-8,13,16,22H,2-4,9-12H2,1H3,(H,19,20). The molecule has 0 saturated carbocycles. The van der Waals surface area contributed by atoms with Crippen molar-refractivity contribution in [3.63, 3.8) is 0 Å². The fourth-order valence-electron chi connectivity index (χ4n) is 2.55. The summed E-state index contributed by atoms with van der Waals surface area (Å²) in [6.07, 6.45) is 1.90. The number of nitrogens with zero attached hydrogens (tertiary/aromatic N) is 2. The molecule has 9 heteroatoms. The molecule has 7 nitrogen and oxygen atoms in total. The molecule has 0 bridgehead atoms. The van der Waals surface area contributed by atoms with Crippen molar-refractivity contribution in [2.24, 2.45) is 0 Å². The Kier molecular flexibility index (Phi) is 8.00. The number of aliphatic hydroxyl groups excluding tert-OH is 1. The molecule has 1 aliphatic rings. The number of rotatable bonds is 11. The zero-order chi connectivity index (χ0) is 18.9. The van der Waals surface area contributed by atoms with Gasteiger partial charge in [0.2, 0.25) is 5.13 Å². The van der Waals surface area contributed by atoms with Crippen molar-refractivity contribution in [3.05, 3.63) is 24.3 Å². The van der Waals surface area contributed by atoms with Crippen molar-refractivity contribution in [3.8, 4) is 11.5 Å². The largest absolute Gasteiger partial charge is 0.494 e. The minimum Gasteiger partial charge on any atom is -0.494 e. The molecule has 0 aliphatic carbocycles. The number of anilines is 1. The third kappa shape index (κ3) is 6.84. The second-order valence-electron chi connectivity index (χ2n) is 6.07. The molecule has 1 fully saturated rings. The molecule has 148 valence electrons. The van der Waals surface area contributed by atoms with E-state index < -0.39 is 6.10 Å². The number of ether oxygens (including phenoxy) is 3. The maximum atomic E-state index is 10.1. The van der Waals surface area contributed by atoms with Crippen LogP contribution in [0.1, 0.15) is 19.8 Å². The number of thioether (sulfide) groups is 1. The van der Waals surface area contributed by atoms with E-state index in [2.05, 4.69) is 15.5 Å². The molecule has 1 aliphatic heterocycles. The van der Waals surface area contributed by atoms with Gasteiger partial charge in [0.15, 0.2) is 4.34 Å². The molecule has 0 amide bonds. The van der Waals surface area contributed by atoms with Crippen LogP contribution in [-0.4, -0.2) is 59.6 Å². The van der Waals surface area contributed by atoms with Gasteiger partial charge in [0.25, 0.3) is 0 Å². The average molecular weight is 412 g/mol. The zero-order valence-corrected chi connectivity index (χ0v) is 16.9. The molecule has 0 spiro atoms. The average Bonchev–Trinajstić information content (AvgIpc) is 3.36. The van der Waals surface area contributed by atoms with E-state index in [1.165, 1.54) is 23.1 Å². The van der Waals surface area contributed by atoms with E-state index >= 15 is 0 Å². The summed E-state index contributed by atoms with van der Waals surface area (Å²) in [6, 6.07) is 7.38. The van der Waals surface area contributed by atoms with Gasteiger partial charge in [0.05, 0.1) is 18.8 Å². The van der Waals surface area contributed by atoms with Crippen LogP contribution in [0.25, 0.3) is 0 Å². The van der Waals surface area contributed by atoms with Crippen LogP contribution in [0.15, 0.2) is 28.6 Å². The lowest BCUT2D eigenvalue weighted by Crippen LogP contribution is -2.20. The van der Waals surface area contributed by atoms with Gasteiger partial charge >= 0.3 is 0 Å². The van der Waals surface area contributed by atoms with Crippen LogP contribution >= 0.6 is 23.1 Å². The van der Waals surface area contributed by atoms with Crippen molar-refractivity contribution in [2.45, 2.75) is 36.3 Å². The highest BCUT2D eigenvalue weighted by atomic mass is 32.2. The van der Waals surface area contributed by atoms with E-state index in [4.69, 9.17) is 14.2 Å². The van der Waals surface area contributed by atoms with Crippen molar-refractivity contribution in [1.82, 2.24) is 10.2 Å².